The smallest absolute Gasteiger partial charge is 0.264 e. The second kappa shape index (κ2) is 6.23. The lowest BCUT2D eigenvalue weighted by molar-refractivity contribution is -0.115. The lowest BCUT2D eigenvalue weighted by atomic mass is 10.2. The summed E-state index contributed by atoms with van der Waals surface area (Å²) >= 11 is 2.65. The molecular formula is C17H11N3O3S2. The van der Waals surface area contributed by atoms with Crippen molar-refractivity contribution in [3.63, 3.8) is 0 Å². The number of aliphatic imine (C=N–C) groups is 1. The minimum absolute atomic E-state index is 0.205. The molecule has 0 saturated carbocycles. The van der Waals surface area contributed by atoms with Crippen molar-refractivity contribution in [1.29, 1.82) is 0 Å². The Hall–Kier alpha value is -2.84. The Morgan fingerprint density at radius 2 is 1.96 bits per heavy atom. The van der Waals surface area contributed by atoms with E-state index in [1.165, 1.54) is 35.2 Å². The van der Waals surface area contributed by atoms with Gasteiger partial charge >= 0.3 is 0 Å². The zero-order chi connectivity index (χ0) is 17.4. The molecule has 1 saturated heterocycles. The van der Waals surface area contributed by atoms with Gasteiger partial charge in [-0.2, -0.15) is 4.99 Å². The van der Waals surface area contributed by atoms with Gasteiger partial charge in [0.2, 0.25) is 5.13 Å². The number of phenols is 2. The molecule has 1 amide bonds. The number of aromatic hydroxyl groups is 2. The van der Waals surface area contributed by atoms with Gasteiger partial charge in [-0.25, -0.2) is 4.98 Å². The van der Waals surface area contributed by atoms with Gasteiger partial charge in [0.15, 0.2) is 16.7 Å². The van der Waals surface area contributed by atoms with Crippen molar-refractivity contribution in [2.24, 2.45) is 4.99 Å². The number of carbonyl (C=O) groups excluding carboxylic acids is 1. The standard InChI is InChI=1S/C17H11N3O3S2/c21-11-6-5-9(7-12(11)22)8-14-15(23)19-17(25-14)20-16-18-10-3-1-2-4-13(10)24-16/h1-8,21-22H,(H,18,19,20,23)/b14-8-. The normalized spacial score (nSPS) is 17.5. The molecule has 0 bridgehead atoms. The molecule has 3 N–H and O–H groups in total. The molecule has 0 unspecified atom stereocenters. The first kappa shape index (κ1) is 15.7. The average Bonchev–Trinajstić information content (AvgIpc) is 3.14. The molecule has 2 heterocycles. The lowest BCUT2D eigenvalue weighted by Gasteiger charge is -1.99. The zero-order valence-electron chi connectivity index (χ0n) is 12.6. The van der Waals surface area contributed by atoms with Crippen molar-refractivity contribution < 1.29 is 15.0 Å². The van der Waals surface area contributed by atoms with Gasteiger partial charge in [0.1, 0.15) is 0 Å². The average molecular weight is 369 g/mol. The van der Waals surface area contributed by atoms with E-state index in [2.05, 4.69) is 15.3 Å². The van der Waals surface area contributed by atoms with Crippen LogP contribution in [0.5, 0.6) is 11.5 Å². The number of fused-ring (bicyclic) bond motifs is 1. The molecule has 2 aromatic carbocycles. The Kier molecular flexibility index (Phi) is 3.90. The topological polar surface area (TPSA) is 94.8 Å². The molecular weight excluding hydrogens is 358 g/mol. The van der Waals surface area contributed by atoms with Crippen LogP contribution in [-0.4, -0.2) is 26.3 Å². The van der Waals surface area contributed by atoms with Gasteiger partial charge in [-0.3, -0.25) is 4.79 Å². The highest BCUT2D eigenvalue weighted by molar-refractivity contribution is 8.18. The van der Waals surface area contributed by atoms with E-state index in [1.54, 1.807) is 12.1 Å². The summed E-state index contributed by atoms with van der Waals surface area (Å²) in [5.74, 6) is -0.706. The van der Waals surface area contributed by atoms with E-state index >= 15 is 0 Å². The van der Waals surface area contributed by atoms with Gasteiger partial charge in [-0.05, 0) is 47.7 Å². The first-order chi connectivity index (χ1) is 12.1. The van der Waals surface area contributed by atoms with Gasteiger partial charge in [-0.1, -0.05) is 29.5 Å². The molecule has 3 aromatic rings. The number of nitrogens with zero attached hydrogens (tertiary/aromatic N) is 2. The number of hydrogen-bond donors (Lipinski definition) is 3. The fourth-order valence-corrected chi connectivity index (χ4v) is 3.98. The van der Waals surface area contributed by atoms with E-state index in [0.717, 1.165) is 10.2 Å². The largest absolute Gasteiger partial charge is 0.504 e. The molecule has 1 aliphatic rings. The minimum atomic E-state index is -0.266. The van der Waals surface area contributed by atoms with E-state index in [4.69, 9.17) is 0 Å². The third-order valence-corrected chi connectivity index (χ3v) is 5.27. The first-order valence-electron chi connectivity index (χ1n) is 7.25. The van der Waals surface area contributed by atoms with Crippen LogP contribution >= 0.6 is 23.1 Å². The molecule has 1 aromatic heterocycles. The Morgan fingerprint density at radius 1 is 1.12 bits per heavy atom. The summed E-state index contributed by atoms with van der Waals surface area (Å²) in [5, 5.41) is 22.6. The maximum atomic E-state index is 12.1. The van der Waals surface area contributed by atoms with E-state index in [0.29, 0.717) is 20.8 Å². The number of amidine groups is 1. The number of nitrogens with one attached hydrogen (secondary N) is 1. The van der Waals surface area contributed by atoms with Crippen molar-refractivity contribution in [1.82, 2.24) is 10.3 Å². The summed E-state index contributed by atoms with van der Waals surface area (Å²) in [7, 11) is 0. The predicted octanol–water partition coefficient (Wildman–Crippen LogP) is 3.60. The molecule has 0 aliphatic carbocycles. The van der Waals surface area contributed by atoms with Crippen LogP contribution in [0, 0.1) is 0 Å². The lowest BCUT2D eigenvalue weighted by Crippen LogP contribution is -2.19. The van der Waals surface area contributed by atoms with Crippen molar-refractivity contribution >= 4 is 55.6 Å². The van der Waals surface area contributed by atoms with E-state index in [-0.39, 0.29) is 17.4 Å². The minimum Gasteiger partial charge on any atom is -0.504 e. The number of benzene rings is 2. The molecule has 1 aliphatic heterocycles. The van der Waals surface area contributed by atoms with Crippen LogP contribution in [0.15, 0.2) is 52.4 Å². The van der Waals surface area contributed by atoms with Crippen molar-refractivity contribution in [3.8, 4) is 11.5 Å². The molecule has 25 heavy (non-hydrogen) atoms. The summed E-state index contributed by atoms with van der Waals surface area (Å²) in [6.07, 6.45) is 1.63. The van der Waals surface area contributed by atoms with Crippen LogP contribution in [0.3, 0.4) is 0 Å². The highest BCUT2D eigenvalue weighted by atomic mass is 32.2. The third-order valence-electron chi connectivity index (χ3n) is 3.43. The van der Waals surface area contributed by atoms with Gasteiger partial charge in [0, 0.05) is 0 Å². The van der Waals surface area contributed by atoms with E-state index in [9.17, 15) is 15.0 Å². The third kappa shape index (κ3) is 3.21. The number of carbonyl (C=O) groups is 1. The van der Waals surface area contributed by atoms with Crippen molar-refractivity contribution in [2.75, 3.05) is 0 Å². The molecule has 6 nitrogen and oxygen atoms in total. The highest BCUT2D eigenvalue weighted by Gasteiger charge is 2.24. The zero-order valence-corrected chi connectivity index (χ0v) is 14.3. The molecule has 0 atom stereocenters. The summed E-state index contributed by atoms with van der Waals surface area (Å²) in [5.41, 5.74) is 1.48. The Balaban J connectivity index is 1.60. The van der Waals surface area contributed by atoms with E-state index in [1.807, 2.05) is 24.3 Å². The SMILES string of the molecule is O=C1NC(=Nc2nc3ccccc3s2)S/C1=C\c1ccc(O)c(O)c1. The van der Waals surface area contributed by atoms with Crippen LogP contribution < -0.4 is 5.32 Å². The summed E-state index contributed by atoms with van der Waals surface area (Å²) in [6, 6.07) is 12.1. The molecule has 4 rings (SSSR count). The van der Waals surface area contributed by atoms with Crippen LogP contribution in [0.4, 0.5) is 5.13 Å². The number of rotatable bonds is 2. The van der Waals surface area contributed by atoms with E-state index < -0.39 is 0 Å². The maximum absolute atomic E-state index is 12.1. The fourth-order valence-electron chi connectivity index (χ4n) is 2.26. The van der Waals surface area contributed by atoms with Crippen LogP contribution in [0.1, 0.15) is 5.56 Å². The number of aromatic nitrogens is 1. The number of thiazole rings is 1. The Labute approximate surface area is 150 Å². The number of phenolic OH excluding ortho intramolecular Hbond substituents is 2. The maximum Gasteiger partial charge on any atom is 0.264 e. The Bertz CT molecular complexity index is 1020. The monoisotopic (exact) mass is 369 g/mol. The highest BCUT2D eigenvalue weighted by Crippen LogP contribution is 2.33. The second-order valence-electron chi connectivity index (χ2n) is 5.19. The first-order valence-corrected chi connectivity index (χ1v) is 8.89. The Morgan fingerprint density at radius 3 is 2.76 bits per heavy atom. The van der Waals surface area contributed by atoms with Crippen molar-refractivity contribution in [3.05, 3.63) is 52.9 Å². The number of para-hydroxylation sites is 1. The van der Waals surface area contributed by atoms with Crippen molar-refractivity contribution in [2.45, 2.75) is 0 Å². The summed E-state index contributed by atoms with van der Waals surface area (Å²) in [6.45, 7) is 0. The van der Waals surface area contributed by atoms with Gasteiger partial charge in [0.05, 0.1) is 15.1 Å². The summed E-state index contributed by atoms with van der Waals surface area (Å²) in [4.78, 5) is 21.4. The molecule has 0 spiro atoms. The number of hydrogen-bond acceptors (Lipinski definition) is 7. The second-order valence-corrected chi connectivity index (χ2v) is 7.23. The number of amides is 1. The number of thioether (sulfide) groups is 1. The molecule has 124 valence electrons. The van der Waals surface area contributed by atoms with Gasteiger partial charge in [-0.15, -0.1) is 0 Å². The summed E-state index contributed by atoms with van der Waals surface area (Å²) < 4.78 is 1.03. The van der Waals surface area contributed by atoms with Crippen LogP contribution in [-0.2, 0) is 4.79 Å². The molecule has 0 radical (unpaired) electrons. The van der Waals surface area contributed by atoms with Gasteiger partial charge in [0.25, 0.3) is 5.91 Å². The van der Waals surface area contributed by atoms with Gasteiger partial charge < -0.3 is 15.5 Å². The van der Waals surface area contributed by atoms with Crippen LogP contribution in [0.2, 0.25) is 0 Å². The quantitative estimate of drug-likeness (QED) is 0.474. The fraction of sp³-hybridized carbons (Fsp3) is 0. The molecule has 8 heteroatoms. The predicted molar refractivity (Wildman–Crippen MR) is 100 cm³/mol. The van der Waals surface area contributed by atoms with Crippen LogP contribution in [0.25, 0.3) is 16.3 Å². The molecule has 1 fully saturated rings.